The SMILES string of the molecule is Cc1nn(C)c(F)c1CNC[C@H]1CCCO1. The second-order valence-corrected chi connectivity index (χ2v) is 4.24. The summed E-state index contributed by atoms with van der Waals surface area (Å²) in [4.78, 5) is 0. The minimum absolute atomic E-state index is 0.252. The van der Waals surface area contributed by atoms with Crippen LogP contribution in [0.15, 0.2) is 0 Å². The normalized spacial score (nSPS) is 20.6. The predicted molar refractivity (Wildman–Crippen MR) is 58.6 cm³/mol. The molecule has 1 aromatic heterocycles. The quantitative estimate of drug-likeness (QED) is 0.838. The van der Waals surface area contributed by atoms with Gasteiger partial charge in [0.1, 0.15) is 0 Å². The van der Waals surface area contributed by atoms with Crippen molar-refractivity contribution in [3.63, 3.8) is 0 Å². The van der Waals surface area contributed by atoms with Crippen LogP contribution in [0, 0.1) is 12.9 Å². The summed E-state index contributed by atoms with van der Waals surface area (Å²) < 4.78 is 20.3. The molecule has 1 aliphatic heterocycles. The topological polar surface area (TPSA) is 39.1 Å². The average molecular weight is 227 g/mol. The number of ether oxygens (including phenoxy) is 1. The summed E-state index contributed by atoms with van der Waals surface area (Å²) in [6.45, 7) is 3.98. The Morgan fingerprint density at radius 1 is 1.62 bits per heavy atom. The number of hydrogen-bond acceptors (Lipinski definition) is 3. The summed E-state index contributed by atoms with van der Waals surface area (Å²) in [5.41, 5.74) is 1.40. The summed E-state index contributed by atoms with van der Waals surface area (Å²) in [7, 11) is 1.62. The van der Waals surface area contributed by atoms with E-state index in [1.54, 1.807) is 7.05 Å². The molecule has 0 aliphatic carbocycles. The van der Waals surface area contributed by atoms with Crippen LogP contribution in [0.2, 0.25) is 0 Å². The maximum Gasteiger partial charge on any atom is 0.215 e. The van der Waals surface area contributed by atoms with Crippen LogP contribution in [0.1, 0.15) is 24.1 Å². The molecular formula is C11H18FN3O. The van der Waals surface area contributed by atoms with E-state index in [4.69, 9.17) is 4.74 Å². The molecule has 0 unspecified atom stereocenters. The molecule has 2 heterocycles. The van der Waals surface area contributed by atoms with E-state index in [1.165, 1.54) is 4.68 Å². The average Bonchev–Trinajstić information content (AvgIpc) is 2.82. The van der Waals surface area contributed by atoms with Crippen LogP contribution in [0.4, 0.5) is 4.39 Å². The zero-order valence-electron chi connectivity index (χ0n) is 9.79. The zero-order valence-corrected chi connectivity index (χ0v) is 9.79. The van der Waals surface area contributed by atoms with E-state index in [0.29, 0.717) is 18.2 Å². The van der Waals surface area contributed by atoms with E-state index < -0.39 is 0 Å². The van der Waals surface area contributed by atoms with Gasteiger partial charge in [0.15, 0.2) is 0 Å². The number of aromatic nitrogens is 2. The van der Waals surface area contributed by atoms with E-state index in [9.17, 15) is 4.39 Å². The minimum Gasteiger partial charge on any atom is -0.377 e. The molecule has 2 rings (SSSR count). The van der Waals surface area contributed by atoms with E-state index in [1.807, 2.05) is 6.92 Å². The molecule has 0 aromatic carbocycles. The van der Waals surface area contributed by atoms with Crippen molar-refractivity contribution in [2.75, 3.05) is 13.2 Å². The largest absolute Gasteiger partial charge is 0.377 e. The van der Waals surface area contributed by atoms with Gasteiger partial charge in [0.05, 0.1) is 11.8 Å². The Balaban J connectivity index is 1.84. The minimum atomic E-state index is -0.252. The van der Waals surface area contributed by atoms with Crippen molar-refractivity contribution in [2.24, 2.45) is 7.05 Å². The Morgan fingerprint density at radius 2 is 2.44 bits per heavy atom. The first-order valence-corrected chi connectivity index (χ1v) is 5.68. The molecule has 1 fully saturated rings. The smallest absolute Gasteiger partial charge is 0.215 e. The van der Waals surface area contributed by atoms with Gasteiger partial charge in [-0.15, -0.1) is 0 Å². The lowest BCUT2D eigenvalue weighted by Gasteiger charge is -2.10. The van der Waals surface area contributed by atoms with Crippen LogP contribution in [0.5, 0.6) is 0 Å². The molecule has 0 bridgehead atoms. The number of nitrogens with zero attached hydrogens (tertiary/aromatic N) is 2. The van der Waals surface area contributed by atoms with Gasteiger partial charge in [-0.2, -0.15) is 9.49 Å². The van der Waals surface area contributed by atoms with Gasteiger partial charge in [-0.25, -0.2) is 4.68 Å². The number of hydrogen-bond donors (Lipinski definition) is 1. The maximum atomic E-state index is 13.6. The molecule has 1 saturated heterocycles. The molecule has 5 heteroatoms. The first kappa shape index (κ1) is 11.5. The summed E-state index contributed by atoms with van der Waals surface area (Å²) in [5, 5.41) is 7.25. The third-order valence-corrected chi connectivity index (χ3v) is 2.97. The van der Waals surface area contributed by atoms with E-state index >= 15 is 0 Å². The third-order valence-electron chi connectivity index (χ3n) is 2.97. The van der Waals surface area contributed by atoms with Crippen molar-refractivity contribution in [1.29, 1.82) is 0 Å². The second kappa shape index (κ2) is 4.93. The van der Waals surface area contributed by atoms with Crippen LogP contribution >= 0.6 is 0 Å². The molecule has 0 spiro atoms. The zero-order chi connectivity index (χ0) is 11.5. The number of rotatable bonds is 4. The maximum absolute atomic E-state index is 13.6. The molecule has 1 aromatic rings. The Labute approximate surface area is 94.8 Å². The fourth-order valence-electron chi connectivity index (χ4n) is 2.04. The van der Waals surface area contributed by atoms with Crippen molar-refractivity contribution in [1.82, 2.24) is 15.1 Å². The van der Waals surface area contributed by atoms with Crippen molar-refractivity contribution >= 4 is 0 Å². The highest BCUT2D eigenvalue weighted by Gasteiger charge is 2.16. The number of nitrogens with one attached hydrogen (secondary N) is 1. The molecule has 90 valence electrons. The van der Waals surface area contributed by atoms with Crippen molar-refractivity contribution in [3.8, 4) is 0 Å². The predicted octanol–water partition coefficient (Wildman–Crippen LogP) is 1.14. The fraction of sp³-hybridized carbons (Fsp3) is 0.727. The van der Waals surface area contributed by atoms with Crippen LogP contribution < -0.4 is 5.32 Å². The lowest BCUT2D eigenvalue weighted by molar-refractivity contribution is 0.110. The number of halogens is 1. The molecule has 1 atom stereocenters. The summed E-state index contributed by atoms with van der Waals surface area (Å²) in [5.74, 6) is -0.252. The van der Waals surface area contributed by atoms with Gasteiger partial charge in [0.25, 0.3) is 0 Å². The molecular weight excluding hydrogens is 209 g/mol. The van der Waals surface area contributed by atoms with Crippen LogP contribution in [0.25, 0.3) is 0 Å². The summed E-state index contributed by atoms with van der Waals surface area (Å²) in [6.07, 6.45) is 2.52. The van der Waals surface area contributed by atoms with Crippen molar-refractivity contribution in [3.05, 3.63) is 17.2 Å². The van der Waals surface area contributed by atoms with Gasteiger partial charge >= 0.3 is 0 Å². The molecule has 4 nitrogen and oxygen atoms in total. The van der Waals surface area contributed by atoms with Gasteiger partial charge in [-0.1, -0.05) is 0 Å². The summed E-state index contributed by atoms with van der Waals surface area (Å²) >= 11 is 0. The standard InChI is InChI=1S/C11H18FN3O/c1-8-10(11(12)15(2)14-8)7-13-6-9-4-3-5-16-9/h9,13H,3-7H2,1-2H3/t9-/m1/s1. The Hall–Kier alpha value is -0.940. The molecule has 0 amide bonds. The lowest BCUT2D eigenvalue weighted by Crippen LogP contribution is -2.26. The second-order valence-electron chi connectivity index (χ2n) is 4.24. The Morgan fingerprint density at radius 3 is 3.00 bits per heavy atom. The molecule has 1 aliphatic rings. The highest BCUT2D eigenvalue weighted by atomic mass is 19.1. The highest BCUT2D eigenvalue weighted by Crippen LogP contribution is 2.13. The van der Waals surface area contributed by atoms with Gasteiger partial charge in [0.2, 0.25) is 5.95 Å². The monoisotopic (exact) mass is 227 g/mol. The van der Waals surface area contributed by atoms with Crippen LogP contribution in [-0.2, 0) is 18.3 Å². The first-order chi connectivity index (χ1) is 7.68. The molecule has 16 heavy (non-hydrogen) atoms. The van der Waals surface area contributed by atoms with Crippen LogP contribution in [0.3, 0.4) is 0 Å². The molecule has 0 radical (unpaired) electrons. The fourth-order valence-corrected chi connectivity index (χ4v) is 2.04. The highest BCUT2D eigenvalue weighted by molar-refractivity contribution is 5.16. The molecule has 0 saturated carbocycles. The van der Waals surface area contributed by atoms with Crippen molar-refractivity contribution < 1.29 is 9.13 Å². The van der Waals surface area contributed by atoms with E-state index in [2.05, 4.69) is 10.4 Å². The third kappa shape index (κ3) is 2.41. The Kier molecular flexibility index (Phi) is 3.56. The first-order valence-electron chi connectivity index (χ1n) is 5.68. The van der Waals surface area contributed by atoms with Crippen LogP contribution in [-0.4, -0.2) is 29.0 Å². The van der Waals surface area contributed by atoms with E-state index in [0.717, 1.165) is 31.7 Å². The Bertz CT molecular complexity index is 358. The molecule has 1 N–H and O–H groups in total. The van der Waals surface area contributed by atoms with E-state index in [-0.39, 0.29) is 5.95 Å². The van der Waals surface area contributed by atoms with Gasteiger partial charge in [-0.05, 0) is 19.8 Å². The van der Waals surface area contributed by atoms with Crippen molar-refractivity contribution in [2.45, 2.75) is 32.4 Å². The lowest BCUT2D eigenvalue weighted by atomic mass is 10.2. The summed E-state index contributed by atoms with van der Waals surface area (Å²) in [6, 6.07) is 0. The van der Waals surface area contributed by atoms with Gasteiger partial charge in [-0.3, -0.25) is 0 Å². The van der Waals surface area contributed by atoms with Gasteiger partial charge in [0, 0.05) is 32.3 Å². The van der Waals surface area contributed by atoms with Gasteiger partial charge < -0.3 is 10.1 Å². The number of aryl methyl sites for hydroxylation is 2.